The van der Waals surface area contributed by atoms with E-state index in [1.165, 1.54) is 0 Å². The van der Waals surface area contributed by atoms with Crippen molar-refractivity contribution in [2.75, 3.05) is 36.5 Å². The van der Waals surface area contributed by atoms with Crippen LogP contribution in [0.25, 0.3) is 11.0 Å². The third-order valence-corrected chi connectivity index (χ3v) is 4.65. The topological polar surface area (TPSA) is 68.1 Å². The lowest BCUT2D eigenvalue weighted by Crippen LogP contribution is -2.37. The highest BCUT2D eigenvalue weighted by molar-refractivity contribution is 6.31. The SMILES string of the molecule is Cn1ncc2c(N3CCOCC3)nc(NCc3ccccc3Cl)nc21. The van der Waals surface area contributed by atoms with Crippen molar-refractivity contribution in [1.82, 2.24) is 19.7 Å². The number of aryl methyl sites for hydroxylation is 1. The van der Waals surface area contributed by atoms with Crippen molar-refractivity contribution in [2.24, 2.45) is 7.05 Å². The molecule has 0 spiro atoms. The predicted molar refractivity (Wildman–Crippen MR) is 98.1 cm³/mol. The molecule has 25 heavy (non-hydrogen) atoms. The maximum Gasteiger partial charge on any atom is 0.227 e. The molecule has 0 unspecified atom stereocenters. The van der Waals surface area contributed by atoms with Crippen molar-refractivity contribution in [3.63, 3.8) is 0 Å². The van der Waals surface area contributed by atoms with Gasteiger partial charge >= 0.3 is 0 Å². The smallest absolute Gasteiger partial charge is 0.227 e. The predicted octanol–water partition coefficient (Wildman–Crippen LogP) is 2.47. The van der Waals surface area contributed by atoms with E-state index >= 15 is 0 Å². The van der Waals surface area contributed by atoms with Gasteiger partial charge in [-0.3, -0.25) is 4.68 Å². The summed E-state index contributed by atoms with van der Waals surface area (Å²) in [7, 11) is 1.89. The maximum absolute atomic E-state index is 6.23. The molecular formula is C17H19ClN6O. The second-order valence-corrected chi connectivity index (χ2v) is 6.33. The second-order valence-electron chi connectivity index (χ2n) is 5.92. The number of rotatable bonds is 4. The molecule has 0 amide bonds. The Kier molecular flexibility index (Phi) is 4.42. The Balaban J connectivity index is 1.66. The Bertz CT molecular complexity index is 890. The number of aromatic nitrogens is 4. The molecule has 0 radical (unpaired) electrons. The van der Waals surface area contributed by atoms with Crippen molar-refractivity contribution in [1.29, 1.82) is 0 Å². The summed E-state index contributed by atoms with van der Waals surface area (Å²) in [5.41, 5.74) is 1.81. The van der Waals surface area contributed by atoms with Crippen LogP contribution in [0.5, 0.6) is 0 Å². The fraction of sp³-hybridized carbons (Fsp3) is 0.353. The van der Waals surface area contributed by atoms with Gasteiger partial charge < -0.3 is 15.0 Å². The maximum atomic E-state index is 6.23. The molecule has 0 aliphatic carbocycles. The van der Waals surface area contributed by atoms with Crippen LogP contribution in [0.15, 0.2) is 30.5 Å². The Morgan fingerprint density at radius 1 is 1.20 bits per heavy atom. The molecule has 0 bridgehead atoms. The minimum absolute atomic E-state index is 0.561. The number of benzene rings is 1. The molecule has 130 valence electrons. The number of halogens is 1. The van der Waals surface area contributed by atoms with Gasteiger partial charge in [0.05, 0.1) is 24.8 Å². The van der Waals surface area contributed by atoms with Crippen LogP contribution in [0.3, 0.4) is 0 Å². The number of ether oxygens (including phenoxy) is 1. The largest absolute Gasteiger partial charge is 0.378 e. The van der Waals surface area contributed by atoms with E-state index < -0.39 is 0 Å². The van der Waals surface area contributed by atoms with E-state index in [0.29, 0.717) is 25.7 Å². The minimum Gasteiger partial charge on any atom is -0.378 e. The highest BCUT2D eigenvalue weighted by Crippen LogP contribution is 2.26. The van der Waals surface area contributed by atoms with Crippen LogP contribution in [-0.2, 0) is 18.3 Å². The van der Waals surface area contributed by atoms with Gasteiger partial charge in [-0.1, -0.05) is 29.8 Å². The van der Waals surface area contributed by atoms with Gasteiger partial charge in [0.2, 0.25) is 5.95 Å². The van der Waals surface area contributed by atoms with Gasteiger partial charge in [0.15, 0.2) is 5.65 Å². The molecule has 1 saturated heterocycles. The average molecular weight is 359 g/mol. The first-order chi connectivity index (χ1) is 12.2. The van der Waals surface area contributed by atoms with Crippen LogP contribution in [0.2, 0.25) is 5.02 Å². The fourth-order valence-corrected chi connectivity index (χ4v) is 3.12. The van der Waals surface area contributed by atoms with Crippen molar-refractivity contribution in [2.45, 2.75) is 6.54 Å². The number of fused-ring (bicyclic) bond motifs is 1. The van der Waals surface area contributed by atoms with Crippen LogP contribution in [0.4, 0.5) is 11.8 Å². The van der Waals surface area contributed by atoms with Crippen molar-refractivity contribution in [3.8, 4) is 0 Å². The molecule has 1 fully saturated rings. The van der Waals surface area contributed by atoms with Gasteiger partial charge in [0.25, 0.3) is 0 Å². The van der Waals surface area contributed by atoms with Gasteiger partial charge in [-0.05, 0) is 11.6 Å². The van der Waals surface area contributed by atoms with Crippen LogP contribution >= 0.6 is 11.6 Å². The summed E-state index contributed by atoms with van der Waals surface area (Å²) >= 11 is 6.23. The second kappa shape index (κ2) is 6.85. The van der Waals surface area contributed by atoms with Gasteiger partial charge in [0.1, 0.15) is 5.82 Å². The third kappa shape index (κ3) is 3.25. The van der Waals surface area contributed by atoms with E-state index in [9.17, 15) is 0 Å². The lowest BCUT2D eigenvalue weighted by molar-refractivity contribution is 0.122. The summed E-state index contributed by atoms with van der Waals surface area (Å²) in [6, 6.07) is 7.75. The summed E-state index contributed by atoms with van der Waals surface area (Å²) < 4.78 is 7.22. The summed E-state index contributed by atoms with van der Waals surface area (Å²) in [6.07, 6.45) is 1.82. The number of nitrogens with zero attached hydrogens (tertiary/aromatic N) is 5. The van der Waals surface area contributed by atoms with Gasteiger partial charge in [-0.15, -0.1) is 0 Å². The van der Waals surface area contributed by atoms with Crippen molar-refractivity contribution < 1.29 is 4.74 Å². The van der Waals surface area contributed by atoms with Gasteiger partial charge in [0, 0.05) is 31.7 Å². The first-order valence-corrected chi connectivity index (χ1v) is 8.60. The zero-order valence-corrected chi connectivity index (χ0v) is 14.7. The highest BCUT2D eigenvalue weighted by atomic mass is 35.5. The van der Waals surface area contributed by atoms with Crippen LogP contribution < -0.4 is 10.2 Å². The lowest BCUT2D eigenvalue weighted by atomic mass is 10.2. The molecule has 3 heterocycles. The monoisotopic (exact) mass is 358 g/mol. The van der Waals surface area contributed by atoms with Gasteiger partial charge in [-0.2, -0.15) is 15.1 Å². The first kappa shape index (κ1) is 16.1. The molecule has 1 aliphatic heterocycles. The first-order valence-electron chi connectivity index (χ1n) is 8.22. The number of hydrogen-bond acceptors (Lipinski definition) is 6. The normalized spacial score (nSPS) is 14.9. The van der Waals surface area contributed by atoms with Crippen molar-refractivity contribution >= 4 is 34.4 Å². The molecule has 1 N–H and O–H groups in total. The zero-order chi connectivity index (χ0) is 17.2. The summed E-state index contributed by atoms with van der Waals surface area (Å²) in [5.74, 6) is 1.46. The van der Waals surface area contributed by atoms with E-state index in [1.807, 2.05) is 37.5 Å². The third-order valence-electron chi connectivity index (χ3n) is 4.28. The van der Waals surface area contributed by atoms with E-state index in [4.69, 9.17) is 21.3 Å². The van der Waals surface area contributed by atoms with E-state index in [1.54, 1.807) is 4.68 Å². The molecule has 3 aromatic rings. The Morgan fingerprint density at radius 3 is 2.80 bits per heavy atom. The number of anilines is 2. The fourth-order valence-electron chi connectivity index (χ4n) is 2.92. The average Bonchev–Trinajstić information content (AvgIpc) is 3.02. The van der Waals surface area contributed by atoms with Crippen LogP contribution in [-0.4, -0.2) is 46.1 Å². The summed E-state index contributed by atoms with van der Waals surface area (Å²) in [6.45, 7) is 3.59. The molecule has 1 aliphatic rings. The van der Waals surface area contributed by atoms with E-state index in [-0.39, 0.29) is 0 Å². The van der Waals surface area contributed by atoms with Crippen molar-refractivity contribution in [3.05, 3.63) is 41.0 Å². The molecule has 0 atom stereocenters. The summed E-state index contributed by atoms with van der Waals surface area (Å²) in [5, 5.41) is 9.30. The molecule has 1 aromatic carbocycles. The minimum atomic E-state index is 0.561. The summed E-state index contributed by atoms with van der Waals surface area (Å²) in [4.78, 5) is 11.6. The number of hydrogen-bond donors (Lipinski definition) is 1. The van der Waals surface area contributed by atoms with Crippen LogP contribution in [0.1, 0.15) is 5.56 Å². The molecule has 7 nitrogen and oxygen atoms in total. The van der Waals surface area contributed by atoms with E-state index in [0.717, 1.165) is 40.5 Å². The zero-order valence-electron chi connectivity index (χ0n) is 13.9. The molecule has 0 saturated carbocycles. The standard InChI is InChI=1S/C17H19ClN6O/c1-23-15-13(11-20-23)16(24-6-8-25-9-7-24)22-17(21-15)19-10-12-4-2-3-5-14(12)18/h2-5,11H,6-10H2,1H3,(H,19,21,22). The number of nitrogens with one attached hydrogen (secondary N) is 1. The quantitative estimate of drug-likeness (QED) is 0.772. The number of morpholine rings is 1. The Labute approximate surface area is 150 Å². The molecule has 4 rings (SSSR count). The molecular weight excluding hydrogens is 340 g/mol. The van der Waals surface area contributed by atoms with E-state index in [2.05, 4.69) is 20.3 Å². The Hall–Kier alpha value is -2.38. The Morgan fingerprint density at radius 2 is 2.00 bits per heavy atom. The molecule has 8 heteroatoms. The van der Waals surface area contributed by atoms with Crippen LogP contribution in [0, 0.1) is 0 Å². The lowest BCUT2D eigenvalue weighted by Gasteiger charge is -2.28. The van der Waals surface area contributed by atoms with Gasteiger partial charge in [-0.25, -0.2) is 0 Å². The molecule has 2 aromatic heterocycles. The highest BCUT2D eigenvalue weighted by Gasteiger charge is 2.19.